The fraction of sp³-hybridized carbons (Fsp3) is 0.433. The first kappa shape index (κ1) is 26.4. The molecule has 2 aliphatic heterocycles. The van der Waals surface area contributed by atoms with Crippen LogP contribution < -0.4 is 9.64 Å². The predicted octanol–water partition coefficient (Wildman–Crippen LogP) is 5.28. The third-order valence-corrected chi connectivity index (χ3v) is 8.58. The van der Waals surface area contributed by atoms with Gasteiger partial charge in [-0.2, -0.15) is 5.10 Å². The summed E-state index contributed by atoms with van der Waals surface area (Å²) in [6.45, 7) is 10.1. The Labute approximate surface area is 229 Å². The summed E-state index contributed by atoms with van der Waals surface area (Å²) in [6.07, 6.45) is 2.02. The molecule has 38 heavy (non-hydrogen) atoms. The maximum absolute atomic E-state index is 13.8. The van der Waals surface area contributed by atoms with Crippen molar-refractivity contribution in [3.8, 4) is 11.4 Å². The SMILES string of the molecule is COc1ccc(-n2nc(C(C)(C)C)c3c2N(CC(=O)N2CCCC2)C(=O)CS[C@@H]3c2ccccc2C)cc1. The zero-order valence-electron chi connectivity index (χ0n) is 22.9. The summed E-state index contributed by atoms with van der Waals surface area (Å²) in [5.41, 5.74) is 4.80. The van der Waals surface area contributed by atoms with Gasteiger partial charge in [-0.05, 0) is 55.2 Å². The van der Waals surface area contributed by atoms with Crippen molar-refractivity contribution in [2.75, 3.05) is 37.4 Å². The van der Waals surface area contributed by atoms with Gasteiger partial charge in [-0.15, -0.1) is 11.8 Å². The van der Waals surface area contributed by atoms with Gasteiger partial charge in [0.05, 0.1) is 29.5 Å². The van der Waals surface area contributed by atoms with Gasteiger partial charge in [-0.3, -0.25) is 14.5 Å². The number of amides is 2. The van der Waals surface area contributed by atoms with E-state index in [4.69, 9.17) is 9.84 Å². The van der Waals surface area contributed by atoms with Gasteiger partial charge in [-0.25, -0.2) is 4.68 Å². The van der Waals surface area contributed by atoms with E-state index in [2.05, 4.69) is 45.9 Å². The molecule has 0 unspecified atom stereocenters. The largest absolute Gasteiger partial charge is 0.497 e. The van der Waals surface area contributed by atoms with E-state index in [1.165, 1.54) is 11.1 Å². The number of carbonyl (C=O) groups excluding carboxylic acids is 2. The molecular weight excluding hydrogens is 496 g/mol. The van der Waals surface area contributed by atoms with Crippen LogP contribution in [0.2, 0.25) is 0 Å². The number of carbonyl (C=O) groups is 2. The van der Waals surface area contributed by atoms with E-state index in [9.17, 15) is 9.59 Å². The monoisotopic (exact) mass is 532 g/mol. The number of anilines is 1. The molecule has 0 saturated carbocycles. The summed E-state index contributed by atoms with van der Waals surface area (Å²) >= 11 is 1.62. The number of ether oxygens (including phenoxy) is 1. The lowest BCUT2D eigenvalue weighted by molar-refractivity contribution is -0.130. The summed E-state index contributed by atoms with van der Waals surface area (Å²) in [5.74, 6) is 1.63. The molecule has 0 N–H and O–H groups in total. The molecule has 2 amide bonds. The zero-order chi connectivity index (χ0) is 27.0. The number of benzene rings is 2. The van der Waals surface area contributed by atoms with Crippen LogP contribution in [-0.2, 0) is 15.0 Å². The number of thioether (sulfide) groups is 1. The van der Waals surface area contributed by atoms with Gasteiger partial charge in [0, 0.05) is 24.1 Å². The van der Waals surface area contributed by atoms with Gasteiger partial charge >= 0.3 is 0 Å². The van der Waals surface area contributed by atoms with Crippen molar-refractivity contribution in [2.45, 2.75) is 51.2 Å². The van der Waals surface area contributed by atoms with Crippen LogP contribution in [0.5, 0.6) is 5.75 Å². The number of aryl methyl sites for hydroxylation is 1. The van der Waals surface area contributed by atoms with Crippen LogP contribution in [0.3, 0.4) is 0 Å². The van der Waals surface area contributed by atoms with E-state index in [-0.39, 0.29) is 34.8 Å². The number of fused-ring (bicyclic) bond motifs is 1. The first-order chi connectivity index (χ1) is 18.2. The molecule has 1 atom stereocenters. The van der Waals surface area contributed by atoms with Crippen molar-refractivity contribution in [3.63, 3.8) is 0 Å². The second-order valence-corrected chi connectivity index (χ2v) is 12.2. The van der Waals surface area contributed by atoms with Gasteiger partial charge in [0.15, 0.2) is 0 Å². The van der Waals surface area contributed by atoms with Crippen LogP contribution in [0.4, 0.5) is 5.82 Å². The van der Waals surface area contributed by atoms with Gasteiger partial charge in [-0.1, -0.05) is 45.0 Å². The van der Waals surface area contributed by atoms with Crippen molar-refractivity contribution in [1.29, 1.82) is 0 Å². The summed E-state index contributed by atoms with van der Waals surface area (Å²) in [4.78, 5) is 30.8. The normalized spacial score (nSPS) is 17.9. The zero-order valence-corrected chi connectivity index (χ0v) is 23.7. The van der Waals surface area contributed by atoms with Gasteiger partial charge < -0.3 is 9.64 Å². The molecule has 200 valence electrons. The number of hydrogen-bond donors (Lipinski definition) is 0. The predicted molar refractivity (Wildman–Crippen MR) is 152 cm³/mol. The van der Waals surface area contributed by atoms with Crippen LogP contribution in [0.15, 0.2) is 48.5 Å². The Bertz CT molecular complexity index is 1340. The second kappa shape index (κ2) is 10.5. The maximum Gasteiger partial charge on any atom is 0.242 e. The Morgan fingerprint density at radius 3 is 2.39 bits per heavy atom. The highest BCUT2D eigenvalue weighted by atomic mass is 32.2. The number of nitrogens with zero attached hydrogens (tertiary/aromatic N) is 4. The van der Waals surface area contributed by atoms with Crippen LogP contribution in [0, 0.1) is 6.92 Å². The lowest BCUT2D eigenvalue weighted by Crippen LogP contribution is -2.43. The number of hydrogen-bond acceptors (Lipinski definition) is 5. The molecule has 3 aromatic rings. The first-order valence-corrected chi connectivity index (χ1v) is 14.3. The molecule has 2 aromatic carbocycles. The van der Waals surface area contributed by atoms with E-state index in [0.717, 1.165) is 48.6 Å². The average Bonchev–Trinajstić information content (AvgIpc) is 3.55. The topological polar surface area (TPSA) is 67.7 Å². The van der Waals surface area contributed by atoms with E-state index in [1.54, 1.807) is 23.8 Å². The molecular formula is C30H36N4O3S. The van der Waals surface area contributed by atoms with E-state index >= 15 is 0 Å². The highest BCUT2D eigenvalue weighted by Crippen LogP contribution is 2.49. The lowest BCUT2D eigenvalue weighted by atomic mass is 9.86. The van der Waals surface area contributed by atoms with E-state index in [0.29, 0.717) is 5.82 Å². The summed E-state index contributed by atoms with van der Waals surface area (Å²) in [7, 11) is 1.64. The van der Waals surface area contributed by atoms with Crippen molar-refractivity contribution in [2.24, 2.45) is 0 Å². The lowest BCUT2D eigenvalue weighted by Gasteiger charge is -2.26. The minimum absolute atomic E-state index is 0.0122. The second-order valence-electron chi connectivity index (χ2n) is 11.1. The third-order valence-electron chi connectivity index (χ3n) is 7.34. The molecule has 7 nitrogen and oxygen atoms in total. The Morgan fingerprint density at radius 2 is 1.76 bits per heavy atom. The fourth-order valence-corrected chi connectivity index (χ4v) is 6.60. The van der Waals surface area contributed by atoms with Crippen LogP contribution in [-0.4, -0.2) is 59.0 Å². The minimum Gasteiger partial charge on any atom is -0.497 e. The summed E-state index contributed by atoms with van der Waals surface area (Å²) < 4.78 is 7.25. The van der Waals surface area contributed by atoms with Crippen molar-refractivity contribution in [1.82, 2.24) is 14.7 Å². The molecule has 0 bridgehead atoms. The molecule has 1 fully saturated rings. The van der Waals surface area contributed by atoms with Crippen LogP contribution >= 0.6 is 11.8 Å². The molecule has 0 radical (unpaired) electrons. The first-order valence-electron chi connectivity index (χ1n) is 13.2. The van der Waals surface area contributed by atoms with Crippen molar-refractivity contribution in [3.05, 3.63) is 70.9 Å². The number of likely N-dealkylation sites (tertiary alicyclic amines) is 1. The molecule has 0 spiro atoms. The van der Waals surface area contributed by atoms with Crippen molar-refractivity contribution >= 4 is 29.4 Å². The molecule has 3 heterocycles. The molecule has 1 saturated heterocycles. The number of aromatic nitrogens is 2. The van der Waals surface area contributed by atoms with Gasteiger partial charge in [0.1, 0.15) is 18.1 Å². The van der Waals surface area contributed by atoms with Crippen molar-refractivity contribution < 1.29 is 14.3 Å². The molecule has 1 aromatic heterocycles. The molecule has 2 aliphatic rings. The van der Waals surface area contributed by atoms with E-state index in [1.807, 2.05) is 39.9 Å². The average molecular weight is 533 g/mol. The summed E-state index contributed by atoms with van der Waals surface area (Å²) in [5, 5.41) is 5.07. The standard InChI is InChI=1S/C30H36N4O3S/c1-20-10-6-7-11-23(20)27-26-28(30(2,3)4)31-34(21-12-14-22(37-5)15-13-21)29(26)33(25(36)19-38-27)18-24(35)32-16-8-9-17-32/h6-7,10-15,27H,8-9,16-19H2,1-5H3/t27-/m1/s1. The smallest absolute Gasteiger partial charge is 0.242 e. The van der Waals surface area contributed by atoms with Gasteiger partial charge in [0.25, 0.3) is 0 Å². The fourth-order valence-electron chi connectivity index (χ4n) is 5.30. The van der Waals surface area contributed by atoms with Crippen LogP contribution in [0.25, 0.3) is 5.69 Å². The highest BCUT2D eigenvalue weighted by molar-refractivity contribution is 8.00. The van der Waals surface area contributed by atoms with Crippen LogP contribution in [0.1, 0.15) is 61.2 Å². The molecule has 5 rings (SSSR count). The Morgan fingerprint density at radius 1 is 1.08 bits per heavy atom. The molecule has 8 heteroatoms. The summed E-state index contributed by atoms with van der Waals surface area (Å²) in [6, 6.07) is 16.0. The van der Waals surface area contributed by atoms with E-state index < -0.39 is 0 Å². The Hall–Kier alpha value is -3.26. The van der Waals surface area contributed by atoms with Gasteiger partial charge in [0.2, 0.25) is 11.8 Å². The molecule has 0 aliphatic carbocycles. The Kier molecular flexibility index (Phi) is 7.27. The third kappa shape index (κ3) is 4.94. The maximum atomic E-state index is 13.8. The quantitative estimate of drug-likeness (QED) is 0.447. The Balaban J connectivity index is 1.75. The number of methoxy groups -OCH3 is 1. The minimum atomic E-state index is -0.290. The highest BCUT2D eigenvalue weighted by Gasteiger charge is 2.40. The number of rotatable bonds is 5.